The molecule has 0 spiro atoms. The molecule has 2 atom stereocenters. The van der Waals surface area contributed by atoms with Crippen molar-refractivity contribution < 1.29 is 23.8 Å². The Balaban J connectivity index is 2.23. The number of carbonyl (C=O) groups is 2. The molecule has 1 saturated carbocycles. The van der Waals surface area contributed by atoms with Crippen LogP contribution in [-0.2, 0) is 14.3 Å². The molecule has 1 aliphatic carbocycles. The zero-order valence-corrected chi connectivity index (χ0v) is 15.4. The monoisotopic (exact) mass is 349 g/mol. The van der Waals surface area contributed by atoms with Gasteiger partial charge in [0.05, 0.1) is 13.7 Å². The van der Waals surface area contributed by atoms with Crippen LogP contribution in [0.3, 0.4) is 0 Å². The van der Waals surface area contributed by atoms with E-state index < -0.39 is 11.6 Å². The van der Waals surface area contributed by atoms with E-state index >= 15 is 0 Å². The van der Waals surface area contributed by atoms with Crippen molar-refractivity contribution in [3.8, 4) is 5.75 Å². The highest BCUT2D eigenvalue weighted by molar-refractivity contribution is 5.99. The van der Waals surface area contributed by atoms with Crippen LogP contribution in [-0.4, -0.2) is 38.3 Å². The molecule has 0 saturated heterocycles. The van der Waals surface area contributed by atoms with Crippen LogP contribution in [0.4, 0.5) is 5.69 Å². The van der Waals surface area contributed by atoms with Crippen molar-refractivity contribution in [1.29, 1.82) is 0 Å². The summed E-state index contributed by atoms with van der Waals surface area (Å²) in [5.41, 5.74) is -0.0176. The number of ether oxygens (including phenoxy) is 3. The molecule has 0 aliphatic heterocycles. The molecule has 1 aliphatic rings. The first-order valence-corrected chi connectivity index (χ1v) is 8.67. The van der Waals surface area contributed by atoms with E-state index in [1.54, 1.807) is 25.3 Å². The molecule has 2 rings (SSSR count). The smallest absolute Gasteiger partial charge is 0.341 e. The first-order valence-electron chi connectivity index (χ1n) is 8.67. The molecule has 0 radical (unpaired) electrons. The molecule has 1 N–H and O–H groups in total. The second-order valence-electron chi connectivity index (χ2n) is 6.49. The van der Waals surface area contributed by atoms with Gasteiger partial charge in [0.1, 0.15) is 16.9 Å². The largest absolute Gasteiger partial charge is 0.493 e. The maximum Gasteiger partial charge on any atom is 0.341 e. The first-order chi connectivity index (χ1) is 12.0. The van der Waals surface area contributed by atoms with Crippen molar-refractivity contribution in [3.63, 3.8) is 0 Å². The van der Waals surface area contributed by atoms with Gasteiger partial charge in [-0.05, 0) is 50.3 Å². The fourth-order valence-electron chi connectivity index (χ4n) is 3.39. The topological polar surface area (TPSA) is 73.9 Å². The number of anilines is 1. The Labute approximate surface area is 148 Å². The molecular formula is C19H27NO5. The Morgan fingerprint density at radius 3 is 2.68 bits per heavy atom. The lowest BCUT2D eigenvalue weighted by atomic mass is 9.78. The number of amides is 1. The lowest BCUT2D eigenvalue weighted by Gasteiger charge is -2.37. The molecule has 138 valence electrons. The van der Waals surface area contributed by atoms with Crippen LogP contribution in [0.5, 0.6) is 5.75 Å². The highest BCUT2D eigenvalue weighted by Gasteiger charge is 2.42. The summed E-state index contributed by atoms with van der Waals surface area (Å²) in [4.78, 5) is 24.8. The van der Waals surface area contributed by atoms with Crippen molar-refractivity contribution >= 4 is 17.6 Å². The molecule has 1 amide bonds. The van der Waals surface area contributed by atoms with Gasteiger partial charge in [0, 0.05) is 12.8 Å². The first kappa shape index (κ1) is 19.2. The Hall–Kier alpha value is -2.08. The molecule has 6 heteroatoms. The zero-order valence-electron chi connectivity index (χ0n) is 15.4. The number of hydrogen-bond donors (Lipinski definition) is 1. The third-order valence-electron chi connectivity index (χ3n) is 4.70. The number of nitrogens with one attached hydrogen (secondary N) is 1. The number of benzene rings is 1. The number of methoxy groups -OCH3 is 2. The molecule has 1 aromatic rings. The summed E-state index contributed by atoms with van der Waals surface area (Å²) in [5, 5.41) is 2.89. The average molecular weight is 349 g/mol. The summed E-state index contributed by atoms with van der Waals surface area (Å²) in [6, 6.07) is 4.95. The normalized spacial score (nSPS) is 23.0. The number of esters is 1. The second-order valence-corrected chi connectivity index (χ2v) is 6.49. The number of carbonyl (C=O) groups excluding carboxylic acids is 2. The molecule has 1 aromatic carbocycles. The van der Waals surface area contributed by atoms with Gasteiger partial charge in [-0.3, -0.25) is 4.79 Å². The van der Waals surface area contributed by atoms with Gasteiger partial charge in [-0.25, -0.2) is 4.79 Å². The second kappa shape index (κ2) is 8.34. The van der Waals surface area contributed by atoms with E-state index in [4.69, 9.17) is 14.2 Å². The molecule has 0 unspecified atom stereocenters. The van der Waals surface area contributed by atoms with Gasteiger partial charge >= 0.3 is 5.97 Å². The fourth-order valence-corrected chi connectivity index (χ4v) is 3.39. The summed E-state index contributed by atoms with van der Waals surface area (Å²) in [6.07, 6.45) is 3.45. The van der Waals surface area contributed by atoms with E-state index in [9.17, 15) is 9.59 Å². The van der Waals surface area contributed by atoms with Crippen molar-refractivity contribution in [3.05, 3.63) is 23.8 Å². The predicted octanol–water partition coefficient (Wildman–Crippen LogP) is 3.41. The van der Waals surface area contributed by atoms with E-state index in [0.29, 0.717) is 36.8 Å². The van der Waals surface area contributed by atoms with Crippen LogP contribution < -0.4 is 10.1 Å². The summed E-state index contributed by atoms with van der Waals surface area (Å²) >= 11 is 0. The Kier molecular flexibility index (Phi) is 6.42. The molecule has 6 nitrogen and oxygen atoms in total. The molecular weight excluding hydrogens is 322 g/mol. The summed E-state index contributed by atoms with van der Waals surface area (Å²) < 4.78 is 15.9. The van der Waals surface area contributed by atoms with Gasteiger partial charge in [-0.2, -0.15) is 0 Å². The van der Waals surface area contributed by atoms with E-state index in [2.05, 4.69) is 12.2 Å². The number of rotatable bonds is 6. The molecule has 25 heavy (non-hydrogen) atoms. The fraction of sp³-hybridized carbons (Fsp3) is 0.579. The van der Waals surface area contributed by atoms with Crippen LogP contribution in [0.25, 0.3) is 0 Å². The molecule has 0 aromatic heterocycles. The highest BCUT2D eigenvalue weighted by atomic mass is 16.5. The Morgan fingerprint density at radius 2 is 2.08 bits per heavy atom. The maximum atomic E-state index is 12.8. The van der Waals surface area contributed by atoms with Gasteiger partial charge in [-0.15, -0.1) is 0 Å². The number of hydrogen-bond acceptors (Lipinski definition) is 5. The molecule has 0 bridgehead atoms. The lowest BCUT2D eigenvalue weighted by Crippen LogP contribution is -2.47. The van der Waals surface area contributed by atoms with E-state index in [1.807, 2.05) is 6.92 Å². The SMILES string of the molecule is CCOc1ccc(NC(=O)[C@]2(OC)CCC[C@H](C)C2)cc1C(=O)OC. The van der Waals surface area contributed by atoms with Crippen LogP contribution in [0, 0.1) is 5.92 Å². The Morgan fingerprint density at radius 1 is 1.32 bits per heavy atom. The van der Waals surface area contributed by atoms with E-state index in [1.165, 1.54) is 7.11 Å². The van der Waals surface area contributed by atoms with Crippen molar-refractivity contribution in [2.75, 3.05) is 26.1 Å². The summed E-state index contributed by atoms with van der Waals surface area (Å²) in [7, 11) is 2.89. The summed E-state index contributed by atoms with van der Waals surface area (Å²) in [6.45, 7) is 4.40. The van der Waals surface area contributed by atoms with Crippen LogP contribution in [0.15, 0.2) is 18.2 Å². The van der Waals surface area contributed by atoms with Gasteiger partial charge in [0.25, 0.3) is 5.91 Å². The lowest BCUT2D eigenvalue weighted by molar-refractivity contribution is -0.143. The minimum atomic E-state index is -0.818. The van der Waals surface area contributed by atoms with Crippen LogP contribution in [0.1, 0.15) is 49.9 Å². The standard InChI is InChI=1S/C19H27NO5/c1-5-25-16-9-8-14(11-15(16)17(21)23-3)20-18(22)19(24-4)10-6-7-13(2)12-19/h8-9,11,13H,5-7,10,12H2,1-4H3,(H,20,22)/t13-,19-/m0/s1. The molecule has 1 fully saturated rings. The average Bonchev–Trinajstić information content (AvgIpc) is 2.62. The zero-order chi connectivity index (χ0) is 18.4. The van der Waals surface area contributed by atoms with Gasteiger partial charge in [-0.1, -0.05) is 13.3 Å². The van der Waals surface area contributed by atoms with Gasteiger partial charge in [0.15, 0.2) is 0 Å². The van der Waals surface area contributed by atoms with E-state index in [0.717, 1.165) is 12.8 Å². The highest BCUT2D eigenvalue weighted by Crippen LogP contribution is 2.36. The minimum Gasteiger partial charge on any atom is -0.493 e. The third kappa shape index (κ3) is 4.31. The predicted molar refractivity (Wildman–Crippen MR) is 95.0 cm³/mol. The van der Waals surface area contributed by atoms with Crippen molar-refractivity contribution in [2.24, 2.45) is 5.92 Å². The minimum absolute atomic E-state index is 0.179. The van der Waals surface area contributed by atoms with Gasteiger partial charge in [0.2, 0.25) is 0 Å². The maximum absolute atomic E-state index is 12.8. The Bertz CT molecular complexity index is 630. The van der Waals surface area contributed by atoms with Crippen LogP contribution in [0.2, 0.25) is 0 Å². The van der Waals surface area contributed by atoms with Gasteiger partial charge < -0.3 is 19.5 Å². The summed E-state index contributed by atoms with van der Waals surface area (Å²) in [5.74, 6) is 0.180. The van der Waals surface area contributed by atoms with Crippen molar-refractivity contribution in [1.82, 2.24) is 0 Å². The molecule has 0 heterocycles. The van der Waals surface area contributed by atoms with Crippen LogP contribution >= 0.6 is 0 Å². The third-order valence-corrected chi connectivity index (χ3v) is 4.70. The van der Waals surface area contributed by atoms with E-state index in [-0.39, 0.29) is 11.5 Å². The van der Waals surface area contributed by atoms with Crippen molar-refractivity contribution in [2.45, 2.75) is 45.1 Å². The quantitative estimate of drug-likeness (QED) is 0.797.